The Hall–Kier alpha value is -1.08. The second-order valence-electron chi connectivity index (χ2n) is 5.19. The molecule has 1 aliphatic carbocycles. The smallest absolute Gasteiger partial charge is 0.242 e. The summed E-state index contributed by atoms with van der Waals surface area (Å²) < 4.78 is 8.34. The van der Waals surface area contributed by atoms with Crippen molar-refractivity contribution in [3.8, 4) is 5.88 Å². The van der Waals surface area contributed by atoms with E-state index in [1.54, 1.807) is 7.11 Å². The maximum Gasteiger partial charge on any atom is 0.242 e. The van der Waals surface area contributed by atoms with E-state index in [1.165, 1.54) is 32.0 Å². The summed E-state index contributed by atoms with van der Waals surface area (Å²) in [6, 6.07) is 0. The van der Waals surface area contributed by atoms with Gasteiger partial charge in [-0.3, -0.25) is 4.57 Å². The average Bonchev–Trinajstić information content (AvgIpc) is 3.05. The third-order valence-corrected chi connectivity index (χ3v) is 5.84. The first-order valence-electron chi connectivity index (χ1n) is 6.72. The van der Waals surface area contributed by atoms with Gasteiger partial charge in [-0.25, -0.2) is 4.98 Å². The fraction of sp³-hybridized carbons (Fsp3) is 0.615. The first kappa shape index (κ1) is 13.9. The standard InChI is InChI=1S/C13H18N4OS2/c1-18-11-9-10(14-8-15-11)17(12(19)16-9)7-13(20-2)5-3-4-6-13/h8H,3-7H2,1-2H3,(H,16,19). The van der Waals surface area contributed by atoms with Crippen LogP contribution in [0.1, 0.15) is 25.7 Å². The Bertz CT molecular complexity index is 673. The Balaban J connectivity index is 2.08. The third-order valence-electron chi connectivity index (χ3n) is 4.11. The topological polar surface area (TPSA) is 55.7 Å². The lowest BCUT2D eigenvalue weighted by Gasteiger charge is -2.27. The predicted octanol–water partition coefficient (Wildman–Crippen LogP) is 3.17. The van der Waals surface area contributed by atoms with Gasteiger partial charge in [-0.05, 0) is 31.3 Å². The molecule has 1 fully saturated rings. The lowest BCUT2D eigenvalue weighted by Crippen LogP contribution is -2.27. The van der Waals surface area contributed by atoms with Gasteiger partial charge in [-0.1, -0.05) is 12.8 Å². The van der Waals surface area contributed by atoms with Crippen LogP contribution in [0.5, 0.6) is 5.88 Å². The number of H-pyrrole nitrogens is 1. The van der Waals surface area contributed by atoms with Gasteiger partial charge in [0.25, 0.3) is 0 Å². The number of hydrogen-bond donors (Lipinski definition) is 1. The molecule has 1 aliphatic rings. The zero-order chi connectivity index (χ0) is 14.2. The van der Waals surface area contributed by atoms with Crippen molar-refractivity contribution in [2.75, 3.05) is 13.4 Å². The second-order valence-corrected chi connectivity index (χ2v) is 6.85. The number of nitrogens with zero attached hydrogens (tertiary/aromatic N) is 3. The van der Waals surface area contributed by atoms with Crippen LogP contribution in [0.2, 0.25) is 0 Å². The molecule has 2 heterocycles. The highest BCUT2D eigenvalue weighted by atomic mass is 32.2. The molecule has 108 valence electrons. The number of aromatic amines is 1. The van der Waals surface area contributed by atoms with Crippen molar-refractivity contribution in [1.29, 1.82) is 0 Å². The number of methoxy groups -OCH3 is 1. The quantitative estimate of drug-likeness (QED) is 0.879. The van der Waals surface area contributed by atoms with Crippen LogP contribution in [0.3, 0.4) is 0 Å². The molecule has 5 nitrogen and oxygen atoms in total. The maximum absolute atomic E-state index is 5.47. The monoisotopic (exact) mass is 310 g/mol. The molecule has 0 aliphatic heterocycles. The highest BCUT2D eigenvalue weighted by Crippen LogP contribution is 2.42. The molecule has 0 atom stereocenters. The Morgan fingerprint density at radius 1 is 1.45 bits per heavy atom. The summed E-state index contributed by atoms with van der Waals surface area (Å²) in [5.74, 6) is 0.546. The van der Waals surface area contributed by atoms with E-state index in [2.05, 4.69) is 25.8 Å². The van der Waals surface area contributed by atoms with Crippen LogP contribution in [0.25, 0.3) is 11.2 Å². The van der Waals surface area contributed by atoms with Crippen LogP contribution in [0.4, 0.5) is 0 Å². The minimum Gasteiger partial charge on any atom is -0.479 e. The summed E-state index contributed by atoms with van der Waals surface area (Å²) in [5, 5.41) is 0. The number of aromatic nitrogens is 4. The van der Waals surface area contributed by atoms with E-state index in [1.807, 2.05) is 11.8 Å². The molecule has 0 spiro atoms. The van der Waals surface area contributed by atoms with Gasteiger partial charge >= 0.3 is 0 Å². The van der Waals surface area contributed by atoms with E-state index in [4.69, 9.17) is 17.0 Å². The minimum atomic E-state index is 0.283. The van der Waals surface area contributed by atoms with Crippen LogP contribution < -0.4 is 4.74 Å². The molecule has 2 aromatic rings. The summed E-state index contributed by atoms with van der Waals surface area (Å²) in [6.07, 6.45) is 8.80. The van der Waals surface area contributed by atoms with Gasteiger partial charge in [0.05, 0.1) is 7.11 Å². The molecule has 0 unspecified atom stereocenters. The molecule has 1 saturated carbocycles. The molecule has 0 aromatic carbocycles. The number of ether oxygens (including phenoxy) is 1. The molecule has 3 rings (SSSR count). The van der Waals surface area contributed by atoms with Crippen molar-refractivity contribution < 1.29 is 4.74 Å². The van der Waals surface area contributed by atoms with Gasteiger partial charge in [0.2, 0.25) is 5.88 Å². The van der Waals surface area contributed by atoms with E-state index in [-0.39, 0.29) is 4.75 Å². The molecule has 20 heavy (non-hydrogen) atoms. The van der Waals surface area contributed by atoms with Gasteiger partial charge in [0.15, 0.2) is 10.4 Å². The summed E-state index contributed by atoms with van der Waals surface area (Å²) >= 11 is 7.42. The van der Waals surface area contributed by atoms with Gasteiger partial charge in [0.1, 0.15) is 11.8 Å². The van der Waals surface area contributed by atoms with Crippen molar-refractivity contribution in [2.24, 2.45) is 0 Å². The van der Waals surface area contributed by atoms with Gasteiger partial charge < -0.3 is 9.72 Å². The molecule has 1 N–H and O–H groups in total. The van der Waals surface area contributed by atoms with Crippen molar-refractivity contribution in [3.05, 3.63) is 11.1 Å². The van der Waals surface area contributed by atoms with Crippen LogP contribution in [0.15, 0.2) is 6.33 Å². The zero-order valence-corrected chi connectivity index (χ0v) is 13.3. The van der Waals surface area contributed by atoms with Crippen LogP contribution >= 0.6 is 24.0 Å². The lowest BCUT2D eigenvalue weighted by molar-refractivity contribution is 0.401. The van der Waals surface area contributed by atoms with Crippen molar-refractivity contribution in [2.45, 2.75) is 37.0 Å². The Morgan fingerprint density at radius 2 is 2.20 bits per heavy atom. The first-order chi connectivity index (χ1) is 9.69. The normalized spacial score (nSPS) is 17.7. The second kappa shape index (κ2) is 5.37. The molecule has 0 radical (unpaired) electrons. The van der Waals surface area contributed by atoms with Crippen molar-refractivity contribution in [3.63, 3.8) is 0 Å². The number of thioether (sulfide) groups is 1. The SMILES string of the molecule is COc1ncnc2c1[nH]c(=S)n2CC1(SC)CCCC1. The van der Waals surface area contributed by atoms with Crippen LogP contribution in [-0.4, -0.2) is 37.6 Å². The van der Waals surface area contributed by atoms with E-state index < -0.39 is 0 Å². The first-order valence-corrected chi connectivity index (χ1v) is 8.35. The number of fused-ring (bicyclic) bond motifs is 1. The van der Waals surface area contributed by atoms with Crippen molar-refractivity contribution in [1.82, 2.24) is 19.5 Å². The Kier molecular flexibility index (Phi) is 3.72. The van der Waals surface area contributed by atoms with Crippen molar-refractivity contribution >= 4 is 35.1 Å². The number of nitrogens with one attached hydrogen (secondary N) is 1. The van der Waals surface area contributed by atoms with Crippen LogP contribution in [0, 0.1) is 4.77 Å². The average molecular weight is 310 g/mol. The van der Waals surface area contributed by atoms with Crippen LogP contribution in [-0.2, 0) is 6.54 Å². The molecule has 7 heteroatoms. The molecular weight excluding hydrogens is 292 g/mol. The number of hydrogen-bond acceptors (Lipinski definition) is 5. The fourth-order valence-electron chi connectivity index (χ4n) is 2.98. The zero-order valence-electron chi connectivity index (χ0n) is 11.7. The van der Waals surface area contributed by atoms with E-state index in [0.29, 0.717) is 10.7 Å². The molecular formula is C13H18N4OS2. The van der Waals surface area contributed by atoms with E-state index in [9.17, 15) is 0 Å². The largest absolute Gasteiger partial charge is 0.479 e. The Morgan fingerprint density at radius 3 is 2.85 bits per heavy atom. The fourth-order valence-corrected chi connectivity index (χ4v) is 4.19. The summed E-state index contributed by atoms with van der Waals surface area (Å²) in [7, 11) is 1.61. The summed E-state index contributed by atoms with van der Waals surface area (Å²) in [4.78, 5) is 11.7. The molecule has 0 saturated heterocycles. The molecule has 2 aromatic heterocycles. The molecule has 0 bridgehead atoms. The van der Waals surface area contributed by atoms with E-state index in [0.717, 1.165) is 17.7 Å². The molecule has 0 amide bonds. The van der Waals surface area contributed by atoms with Gasteiger partial charge in [-0.2, -0.15) is 16.7 Å². The number of rotatable bonds is 4. The van der Waals surface area contributed by atoms with Gasteiger partial charge in [0, 0.05) is 11.3 Å². The summed E-state index contributed by atoms with van der Waals surface area (Å²) in [6.45, 7) is 0.896. The Labute approximate surface area is 127 Å². The highest BCUT2D eigenvalue weighted by molar-refractivity contribution is 8.00. The third kappa shape index (κ3) is 2.22. The van der Waals surface area contributed by atoms with E-state index >= 15 is 0 Å². The predicted molar refractivity (Wildman–Crippen MR) is 84.0 cm³/mol. The minimum absolute atomic E-state index is 0.283. The summed E-state index contributed by atoms with van der Waals surface area (Å²) in [5.41, 5.74) is 1.62. The highest BCUT2D eigenvalue weighted by Gasteiger charge is 2.34. The number of imidazole rings is 1. The van der Waals surface area contributed by atoms with Gasteiger partial charge in [-0.15, -0.1) is 0 Å². The maximum atomic E-state index is 5.47. The lowest BCUT2D eigenvalue weighted by atomic mass is 10.1.